The third-order valence-electron chi connectivity index (χ3n) is 4.20. The fourth-order valence-electron chi connectivity index (χ4n) is 3.12. The van der Waals surface area contributed by atoms with Crippen molar-refractivity contribution >= 4 is 16.8 Å². The van der Waals surface area contributed by atoms with Gasteiger partial charge in [-0.15, -0.1) is 5.10 Å². The number of nitrogens with zero attached hydrogens (tertiary/aromatic N) is 4. The molecule has 0 aliphatic rings. The first-order chi connectivity index (χ1) is 12.2. The zero-order valence-corrected chi connectivity index (χ0v) is 13.5. The lowest BCUT2D eigenvalue weighted by Crippen LogP contribution is -2.16. The molecule has 6 nitrogen and oxygen atoms in total. The molecule has 4 rings (SSSR count). The summed E-state index contributed by atoms with van der Waals surface area (Å²) in [6.07, 6.45) is 3.40. The number of rotatable bonds is 3. The summed E-state index contributed by atoms with van der Waals surface area (Å²) in [5, 5.41) is 8.90. The van der Waals surface area contributed by atoms with Crippen LogP contribution in [0.1, 0.15) is 16.1 Å². The number of nitrogens with two attached hydrogens (primary N) is 1. The van der Waals surface area contributed by atoms with E-state index in [4.69, 9.17) is 5.73 Å². The van der Waals surface area contributed by atoms with Crippen LogP contribution < -0.4 is 5.73 Å². The Bertz CT molecular complexity index is 1070. The molecule has 0 aliphatic heterocycles. The number of pyridine rings is 1. The Morgan fingerprint density at radius 2 is 1.88 bits per heavy atom. The second-order valence-electron chi connectivity index (χ2n) is 5.71. The molecule has 2 N–H and O–H groups in total. The van der Waals surface area contributed by atoms with E-state index < -0.39 is 5.91 Å². The van der Waals surface area contributed by atoms with Crippen molar-refractivity contribution in [3.63, 3.8) is 0 Å². The predicted molar refractivity (Wildman–Crippen MR) is 95.4 cm³/mol. The number of carbonyl (C=O) groups excluding carboxylic acids is 1. The van der Waals surface area contributed by atoms with Crippen LogP contribution in [0.5, 0.6) is 0 Å². The van der Waals surface area contributed by atoms with Gasteiger partial charge in [0.1, 0.15) is 5.69 Å². The van der Waals surface area contributed by atoms with Gasteiger partial charge in [0.05, 0.1) is 23.6 Å². The molecular weight excluding hydrogens is 314 g/mol. The van der Waals surface area contributed by atoms with E-state index in [2.05, 4.69) is 15.3 Å². The summed E-state index contributed by atoms with van der Waals surface area (Å²) in [5.41, 5.74) is 10.0. The van der Waals surface area contributed by atoms with Gasteiger partial charge in [0.15, 0.2) is 0 Å². The maximum Gasteiger partial charge on any atom is 0.267 e. The molecule has 122 valence electrons. The molecule has 0 saturated carbocycles. The first-order valence-electron chi connectivity index (χ1n) is 7.82. The van der Waals surface area contributed by atoms with Gasteiger partial charge < -0.3 is 5.73 Å². The molecule has 6 heteroatoms. The molecule has 2 aromatic carbocycles. The SMILES string of the molecule is Cc1c(C(N)=O)nc2cccc(-n3ccnn3)c2c1-c1ccccc1. The van der Waals surface area contributed by atoms with E-state index >= 15 is 0 Å². The van der Waals surface area contributed by atoms with E-state index in [-0.39, 0.29) is 5.69 Å². The Hall–Kier alpha value is -3.54. The number of hydrogen-bond acceptors (Lipinski definition) is 4. The monoisotopic (exact) mass is 329 g/mol. The van der Waals surface area contributed by atoms with Gasteiger partial charge in [-0.3, -0.25) is 4.79 Å². The van der Waals surface area contributed by atoms with Gasteiger partial charge in [-0.05, 0) is 35.7 Å². The molecule has 0 saturated heterocycles. The van der Waals surface area contributed by atoms with Crippen molar-refractivity contribution in [1.29, 1.82) is 0 Å². The average Bonchev–Trinajstić information content (AvgIpc) is 3.16. The van der Waals surface area contributed by atoms with Crippen molar-refractivity contribution in [1.82, 2.24) is 20.0 Å². The minimum absolute atomic E-state index is 0.280. The summed E-state index contributed by atoms with van der Waals surface area (Å²) in [7, 11) is 0. The van der Waals surface area contributed by atoms with Crippen molar-refractivity contribution in [2.24, 2.45) is 5.73 Å². The van der Waals surface area contributed by atoms with Crippen molar-refractivity contribution in [3.8, 4) is 16.8 Å². The van der Waals surface area contributed by atoms with Crippen LogP contribution in [0.2, 0.25) is 0 Å². The Labute approximate surface area is 143 Å². The summed E-state index contributed by atoms with van der Waals surface area (Å²) < 4.78 is 1.69. The highest BCUT2D eigenvalue weighted by Gasteiger charge is 2.19. The lowest BCUT2D eigenvalue weighted by Gasteiger charge is -2.16. The summed E-state index contributed by atoms with van der Waals surface area (Å²) in [4.78, 5) is 16.4. The van der Waals surface area contributed by atoms with Crippen LogP contribution in [-0.2, 0) is 0 Å². The quantitative estimate of drug-likeness (QED) is 0.626. The van der Waals surface area contributed by atoms with Crippen molar-refractivity contribution < 1.29 is 4.79 Å². The molecular formula is C19H15N5O. The zero-order chi connectivity index (χ0) is 17.4. The minimum Gasteiger partial charge on any atom is -0.364 e. The zero-order valence-electron chi connectivity index (χ0n) is 13.5. The van der Waals surface area contributed by atoms with Crippen LogP contribution >= 0.6 is 0 Å². The van der Waals surface area contributed by atoms with E-state index in [1.807, 2.05) is 55.5 Å². The number of carbonyl (C=O) groups is 1. The summed E-state index contributed by atoms with van der Waals surface area (Å²) in [6.45, 7) is 1.87. The van der Waals surface area contributed by atoms with E-state index in [1.54, 1.807) is 17.1 Å². The van der Waals surface area contributed by atoms with Gasteiger partial charge in [-0.25, -0.2) is 9.67 Å². The molecule has 0 bridgehead atoms. The van der Waals surface area contributed by atoms with Gasteiger partial charge >= 0.3 is 0 Å². The van der Waals surface area contributed by atoms with Gasteiger partial charge in [-0.2, -0.15) is 0 Å². The first-order valence-corrected chi connectivity index (χ1v) is 7.82. The Morgan fingerprint density at radius 1 is 1.08 bits per heavy atom. The van der Waals surface area contributed by atoms with Crippen LogP contribution in [0.3, 0.4) is 0 Å². The normalized spacial score (nSPS) is 10.9. The molecule has 0 radical (unpaired) electrons. The lowest BCUT2D eigenvalue weighted by atomic mass is 9.94. The van der Waals surface area contributed by atoms with E-state index in [0.717, 1.165) is 27.8 Å². The molecule has 2 aromatic heterocycles. The standard InChI is InChI=1S/C19H15N5O/c1-12-16(13-6-3-2-4-7-13)17-14(22-18(12)19(20)25)8-5-9-15(17)24-11-10-21-23-24/h2-11H,1H3,(H2,20,25). The van der Waals surface area contributed by atoms with Crippen LogP contribution in [0.15, 0.2) is 60.9 Å². The molecule has 0 aliphatic carbocycles. The number of amides is 1. The molecule has 0 unspecified atom stereocenters. The maximum absolute atomic E-state index is 11.9. The average molecular weight is 329 g/mol. The Kier molecular flexibility index (Phi) is 3.50. The van der Waals surface area contributed by atoms with E-state index in [9.17, 15) is 4.79 Å². The summed E-state index contributed by atoms with van der Waals surface area (Å²) in [6, 6.07) is 15.6. The van der Waals surface area contributed by atoms with E-state index in [0.29, 0.717) is 5.52 Å². The first kappa shape index (κ1) is 15.0. The number of fused-ring (bicyclic) bond motifs is 1. The van der Waals surface area contributed by atoms with Crippen LogP contribution in [0.25, 0.3) is 27.7 Å². The molecule has 0 fully saturated rings. The van der Waals surface area contributed by atoms with E-state index in [1.165, 1.54) is 0 Å². The molecule has 2 heterocycles. The van der Waals surface area contributed by atoms with Gasteiger partial charge in [0.25, 0.3) is 5.91 Å². The predicted octanol–water partition coefficient (Wildman–Crippen LogP) is 2.89. The summed E-state index contributed by atoms with van der Waals surface area (Å²) >= 11 is 0. The highest BCUT2D eigenvalue weighted by Crippen LogP contribution is 2.35. The second-order valence-corrected chi connectivity index (χ2v) is 5.71. The third-order valence-corrected chi connectivity index (χ3v) is 4.20. The Balaban J connectivity index is 2.19. The largest absolute Gasteiger partial charge is 0.364 e. The topological polar surface area (TPSA) is 86.7 Å². The molecule has 4 aromatic rings. The smallest absolute Gasteiger partial charge is 0.267 e. The van der Waals surface area contributed by atoms with Gasteiger partial charge in [-0.1, -0.05) is 41.6 Å². The van der Waals surface area contributed by atoms with Crippen LogP contribution in [0, 0.1) is 6.92 Å². The number of primary amides is 1. The van der Waals surface area contributed by atoms with Crippen molar-refractivity contribution in [3.05, 3.63) is 72.2 Å². The fourth-order valence-corrected chi connectivity index (χ4v) is 3.12. The maximum atomic E-state index is 11.9. The lowest BCUT2D eigenvalue weighted by molar-refractivity contribution is 0.0995. The fraction of sp³-hybridized carbons (Fsp3) is 0.0526. The second kappa shape index (κ2) is 5.83. The van der Waals surface area contributed by atoms with Crippen LogP contribution in [0.4, 0.5) is 0 Å². The molecule has 25 heavy (non-hydrogen) atoms. The molecule has 0 spiro atoms. The Morgan fingerprint density at radius 3 is 2.56 bits per heavy atom. The molecule has 0 atom stereocenters. The molecule has 1 amide bonds. The highest BCUT2D eigenvalue weighted by atomic mass is 16.1. The van der Waals surface area contributed by atoms with Crippen molar-refractivity contribution in [2.45, 2.75) is 6.92 Å². The highest BCUT2D eigenvalue weighted by molar-refractivity contribution is 6.06. The van der Waals surface area contributed by atoms with Crippen LogP contribution in [-0.4, -0.2) is 25.9 Å². The number of benzene rings is 2. The van der Waals surface area contributed by atoms with Crippen molar-refractivity contribution in [2.75, 3.05) is 0 Å². The third kappa shape index (κ3) is 2.44. The minimum atomic E-state index is -0.539. The summed E-state index contributed by atoms with van der Waals surface area (Å²) in [5.74, 6) is -0.539. The number of hydrogen-bond donors (Lipinski definition) is 1. The van der Waals surface area contributed by atoms with Gasteiger partial charge in [0, 0.05) is 5.39 Å². The number of aromatic nitrogens is 4. The van der Waals surface area contributed by atoms with Gasteiger partial charge in [0.2, 0.25) is 0 Å².